The number of benzene rings is 2. The number of aliphatic carboxylic acids is 1. The number of nitrogens with zero attached hydrogens (tertiary/aromatic N) is 5. The minimum absolute atomic E-state index is 0.234. The minimum atomic E-state index is -1.18. The van der Waals surface area contributed by atoms with Crippen molar-refractivity contribution in [2.24, 2.45) is 5.92 Å². The second-order valence-corrected chi connectivity index (χ2v) is 13.3. The highest BCUT2D eigenvalue weighted by atomic mass is 16.5. The molecule has 2 fully saturated rings. The van der Waals surface area contributed by atoms with Crippen molar-refractivity contribution in [3.05, 3.63) is 71.9 Å². The smallest absolute Gasteiger partial charge is 0.337 e. The normalized spacial score (nSPS) is 20.5. The Morgan fingerprint density at radius 1 is 0.977 bits per heavy atom. The van der Waals surface area contributed by atoms with Crippen LogP contribution in [0.15, 0.2) is 60.7 Å². The lowest BCUT2D eigenvalue weighted by Gasteiger charge is -2.38. The number of anilines is 1. The van der Waals surface area contributed by atoms with E-state index in [0.29, 0.717) is 22.8 Å². The van der Waals surface area contributed by atoms with Crippen LogP contribution in [0.5, 0.6) is 0 Å². The summed E-state index contributed by atoms with van der Waals surface area (Å²) < 4.78 is 8.15. The fraction of sp³-hybridized carbons (Fsp3) is 0.457. The molecule has 0 radical (unpaired) electrons. The van der Waals surface area contributed by atoms with Crippen LogP contribution < -0.4 is 4.90 Å². The highest BCUT2D eigenvalue weighted by Gasteiger charge is 2.38. The molecule has 8 nitrogen and oxygen atoms in total. The molecular weight excluding hydrogens is 538 g/mol. The van der Waals surface area contributed by atoms with E-state index < -0.39 is 17.7 Å². The number of likely N-dealkylation sites (N-methyl/N-ethyl adjacent to an activating group) is 1. The number of carboxylic acids is 1. The Morgan fingerprint density at radius 2 is 1.72 bits per heavy atom. The number of fused-ring (bicyclic) bond motifs is 4. The maximum Gasteiger partial charge on any atom is 0.337 e. The van der Waals surface area contributed by atoms with Crippen LogP contribution in [-0.4, -0.2) is 68.9 Å². The van der Waals surface area contributed by atoms with Gasteiger partial charge in [0.1, 0.15) is 5.82 Å². The number of hydrogen-bond acceptors (Lipinski definition) is 6. The first-order valence-corrected chi connectivity index (χ1v) is 15.5. The molecule has 2 aliphatic heterocycles. The molecule has 2 aromatic heterocycles. The first-order chi connectivity index (χ1) is 20.6. The summed E-state index contributed by atoms with van der Waals surface area (Å²) in [4.78, 5) is 22.7. The van der Waals surface area contributed by atoms with Gasteiger partial charge in [0.15, 0.2) is 11.8 Å². The van der Waals surface area contributed by atoms with Crippen LogP contribution in [0.4, 0.5) is 5.82 Å². The van der Waals surface area contributed by atoms with Gasteiger partial charge in [-0.1, -0.05) is 48.5 Å². The van der Waals surface area contributed by atoms with E-state index in [1.807, 2.05) is 56.5 Å². The number of likely N-dealkylation sites (tertiary alicyclic amines) is 1. The molecule has 226 valence electrons. The quantitative estimate of drug-likeness (QED) is 0.274. The van der Waals surface area contributed by atoms with Gasteiger partial charge in [0.2, 0.25) is 0 Å². The molecule has 2 saturated heterocycles. The highest BCUT2D eigenvalue weighted by molar-refractivity contribution is 5.79. The molecule has 2 aromatic carbocycles. The summed E-state index contributed by atoms with van der Waals surface area (Å²) in [5, 5.41) is 15.7. The summed E-state index contributed by atoms with van der Waals surface area (Å²) in [7, 11) is 2.21. The van der Waals surface area contributed by atoms with Crippen LogP contribution >= 0.6 is 0 Å². The van der Waals surface area contributed by atoms with Gasteiger partial charge in [0.25, 0.3) is 0 Å². The van der Waals surface area contributed by atoms with E-state index in [1.165, 1.54) is 6.42 Å². The van der Waals surface area contributed by atoms with E-state index in [2.05, 4.69) is 53.2 Å². The van der Waals surface area contributed by atoms with Crippen molar-refractivity contribution in [1.82, 2.24) is 19.5 Å². The zero-order valence-corrected chi connectivity index (χ0v) is 26.0. The summed E-state index contributed by atoms with van der Waals surface area (Å²) >= 11 is 0. The van der Waals surface area contributed by atoms with Gasteiger partial charge in [0, 0.05) is 43.0 Å². The van der Waals surface area contributed by atoms with Gasteiger partial charge >= 0.3 is 5.97 Å². The number of aromatic nitrogens is 3. The molecule has 0 saturated carbocycles. The molecule has 43 heavy (non-hydrogen) atoms. The van der Waals surface area contributed by atoms with Gasteiger partial charge in [-0.05, 0) is 83.5 Å². The van der Waals surface area contributed by atoms with Crippen molar-refractivity contribution in [2.45, 2.75) is 71.1 Å². The third kappa shape index (κ3) is 6.17. The largest absolute Gasteiger partial charge is 0.479 e. The molecule has 0 amide bonds. The highest BCUT2D eigenvalue weighted by Crippen LogP contribution is 2.39. The summed E-state index contributed by atoms with van der Waals surface area (Å²) in [5.74, 6) is 0.483. The van der Waals surface area contributed by atoms with E-state index in [0.717, 1.165) is 67.1 Å². The Labute approximate surface area is 254 Å². The SMILES string of the molecule is Cc1nc2cc(-c3cccc(-c4ccccc4)c3)nn2c(N2CCC[C@H]3CC[C@@H]2CN(C)C3)c1[C@H](OC(C)(C)C)C(=O)O. The van der Waals surface area contributed by atoms with Crippen molar-refractivity contribution >= 4 is 17.4 Å². The maximum absolute atomic E-state index is 12.9. The monoisotopic (exact) mass is 581 g/mol. The number of rotatable bonds is 6. The zero-order valence-electron chi connectivity index (χ0n) is 26.0. The lowest BCUT2D eigenvalue weighted by molar-refractivity contribution is -0.160. The number of carbonyl (C=O) groups is 1. The topological polar surface area (TPSA) is 83.2 Å². The average Bonchev–Trinajstić information content (AvgIpc) is 3.32. The van der Waals surface area contributed by atoms with Crippen molar-refractivity contribution in [3.63, 3.8) is 0 Å². The lowest BCUT2D eigenvalue weighted by Crippen LogP contribution is -2.44. The van der Waals surface area contributed by atoms with Gasteiger partial charge in [-0.3, -0.25) is 0 Å². The summed E-state index contributed by atoms with van der Waals surface area (Å²) in [6.07, 6.45) is 3.26. The molecular formula is C35H43N5O3. The molecule has 1 N–H and O–H groups in total. The summed E-state index contributed by atoms with van der Waals surface area (Å²) in [6, 6.07) is 21.0. The Kier molecular flexibility index (Phi) is 8.00. The van der Waals surface area contributed by atoms with Crippen LogP contribution in [0.25, 0.3) is 28.0 Å². The van der Waals surface area contributed by atoms with Gasteiger partial charge in [-0.2, -0.15) is 9.61 Å². The van der Waals surface area contributed by atoms with Crippen LogP contribution in [-0.2, 0) is 9.53 Å². The standard InChI is InChI=1S/C35H43N5O3/c1-23-31(32(34(41)42)43-35(2,3)4)33(39-18-10-11-24-16-17-28(39)22-38(5)21-24)40-30(36-23)20-29(37-40)27-15-9-14-26(19-27)25-12-7-6-8-13-25/h6-9,12-15,19-20,24,28,32H,10-11,16-18,21-22H2,1-5H3,(H,41,42)/t24-,28+,32-/m0/s1. The lowest BCUT2D eigenvalue weighted by atomic mass is 9.93. The number of carboxylic acid groups (broad SMARTS) is 1. The van der Waals surface area contributed by atoms with Crippen LogP contribution in [0, 0.1) is 12.8 Å². The predicted octanol–water partition coefficient (Wildman–Crippen LogP) is 6.62. The Bertz CT molecular complexity index is 1610. The molecule has 2 bridgehead atoms. The Morgan fingerprint density at radius 3 is 2.47 bits per heavy atom. The Hall–Kier alpha value is -3.75. The van der Waals surface area contributed by atoms with Gasteiger partial charge in [0.05, 0.1) is 16.9 Å². The van der Waals surface area contributed by atoms with Crippen LogP contribution in [0.1, 0.15) is 63.8 Å². The molecule has 2 aliphatic rings. The van der Waals surface area contributed by atoms with E-state index in [9.17, 15) is 9.90 Å². The van der Waals surface area contributed by atoms with Crippen LogP contribution in [0.2, 0.25) is 0 Å². The van der Waals surface area contributed by atoms with Crippen molar-refractivity contribution in [2.75, 3.05) is 31.6 Å². The van der Waals surface area contributed by atoms with E-state index in [-0.39, 0.29) is 6.04 Å². The predicted molar refractivity (Wildman–Crippen MR) is 170 cm³/mol. The van der Waals surface area contributed by atoms with Crippen molar-refractivity contribution in [1.29, 1.82) is 0 Å². The van der Waals surface area contributed by atoms with E-state index in [4.69, 9.17) is 14.8 Å². The molecule has 4 aromatic rings. The molecule has 0 unspecified atom stereocenters. The maximum atomic E-state index is 12.9. The molecule has 3 atom stereocenters. The second-order valence-electron chi connectivity index (χ2n) is 13.3. The molecule has 6 rings (SSSR count). The molecule has 8 heteroatoms. The number of ether oxygens (including phenoxy) is 1. The molecule has 0 spiro atoms. The van der Waals surface area contributed by atoms with Crippen molar-refractivity contribution < 1.29 is 14.6 Å². The third-order valence-corrected chi connectivity index (χ3v) is 8.75. The van der Waals surface area contributed by atoms with E-state index in [1.54, 1.807) is 0 Å². The minimum Gasteiger partial charge on any atom is -0.479 e. The first-order valence-electron chi connectivity index (χ1n) is 15.5. The second kappa shape index (κ2) is 11.7. The Balaban J connectivity index is 1.55. The number of hydrogen-bond donors (Lipinski definition) is 1. The summed E-state index contributed by atoms with van der Waals surface area (Å²) in [6.45, 7) is 10.5. The van der Waals surface area contributed by atoms with Gasteiger partial charge in [-0.25, -0.2) is 9.78 Å². The van der Waals surface area contributed by atoms with Crippen LogP contribution in [0.3, 0.4) is 0 Å². The third-order valence-electron chi connectivity index (χ3n) is 8.75. The molecule has 4 heterocycles. The van der Waals surface area contributed by atoms with Crippen molar-refractivity contribution in [3.8, 4) is 22.4 Å². The first kappa shape index (κ1) is 29.3. The van der Waals surface area contributed by atoms with E-state index >= 15 is 0 Å². The average molecular weight is 582 g/mol. The fourth-order valence-corrected chi connectivity index (χ4v) is 6.90. The van der Waals surface area contributed by atoms with Gasteiger partial charge in [-0.15, -0.1) is 0 Å². The fourth-order valence-electron chi connectivity index (χ4n) is 6.90. The number of aryl methyl sites for hydroxylation is 1. The van der Waals surface area contributed by atoms with Gasteiger partial charge < -0.3 is 19.6 Å². The zero-order chi connectivity index (χ0) is 30.3. The summed E-state index contributed by atoms with van der Waals surface area (Å²) in [5.41, 5.74) is 5.34. The molecule has 0 aliphatic carbocycles.